The molecule has 2 rings (SSSR count). The minimum atomic E-state index is 0.405. The van der Waals surface area contributed by atoms with Gasteiger partial charge < -0.3 is 5.32 Å². The van der Waals surface area contributed by atoms with Crippen molar-refractivity contribution in [2.45, 2.75) is 42.4 Å². The van der Waals surface area contributed by atoms with Crippen LogP contribution in [0.15, 0.2) is 29.2 Å². The highest BCUT2D eigenvalue weighted by Crippen LogP contribution is 2.38. The van der Waals surface area contributed by atoms with Gasteiger partial charge in [0, 0.05) is 28.0 Å². The monoisotopic (exact) mass is 281 g/mol. The predicted molar refractivity (Wildman–Crippen MR) is 84.7 cm³/mol. The number of benzene rings is 1. The fourth-order valence-electron chi connectivity index (χ4n) is 2.50. The molecule has 1 aromatic rings. The molecule has 1 nitrogen and oxygen atoms in total. The van der Waals surface area contributed by atoms with Gasteiger partial charge in [-0.05, 0) is 30.7 Å². The van der Waals surface area contributed by atoms with Crippen LogP contribution in [0, 0.1) is 0 Å². The molecular weight excluding hydrogens is 258 g/mol. The average Bonchev–Trinajstić information content (AvgIpc) is 2.85. The van der Waals surface area contributed by atoms with E-state index in [0.717, 1.165) is 6.54 Å². The summed E-state index contributed by atoms with van der Waals surface area (Å²) < 4.78 is 0.405. The molecule has 18 heavy (non-hydrogen) atoms. The average molecular weight is 281 g/mol. The predicted octanol–water partition coefficient (Wildman–Crippen LogP) is 4.34. The van der Waals surface area contributed by atoms with Crippen molar-refractivity contribution in [3.8, 4) is 0 Å². The van der Waals surface area contributed by atoms with Crippen LogP contribution in [0.4, 0.5) is 0 Å². The van der Waals surface area contributed by atoms with E-state index < -0.39 is 0 Å². The summed E-state index contributed by atoms with van der Waals surface area (Å²) in [6.45, 7) is 5.72. The van der Waals surface area contributed by atoms with E-state index in [-0.39, 0.29) is 0 Å². The second-order valence-corrected chi connectivity index (χ2v) is 7.21. The lowest BCUT2D eigenvalue weighted by Gasteiger charge is -2.31. The van der Waals surface area contributed by atoms with Crippen molar-refractivity contribution in [1.82, 2.24) is 5.32 Å². The Bertz CT molecular complexity index is 380. The third kappa shape index (κ3) is 2.89. The van der Waals surface area contributed by atoms with Crippen molar-refractivity contribution in [3.63, 3.8) is 0 Å². The van der Waals surface area contributed by atoms with Crippen LogP contribution < -0.4 is 5.32 Å². The molecule has 3 heteroatoms. The van der Waals surface area contributed by atoms with Gasteiger partial charge in [-0.3, -0.25) is 0 Å². The summed E-state index contributed by atoms with van der Waals surface area (Å²) in [5.74, 6) is 1.18. The summed E-state index contributed by atoms with van der Waals surface area (Å²) in [6, 6.07) is 9.34. The molecule has 1 aliphatic heterocycles. The molecule has 0 amide bonds. The Kier molecular flexibility index (Phi) is 5.05. The first kappa shape index (κ1) is 14.3. The third-order valence-corrected chi connectivity index (χ3v) is 6.86. The maximum atomic E-state index is 3.79. The van der Waals surface area contributed by atoms with E-state index in [0.29, 0.717) is 10.8 Å². The Morgan fingerprint density at radius 1 is 1.33 bits per heavy atom. The molecule has 0 bridgehead atoms. The number of rotatable bonds is 6. The van der Waals surface area contributed by atoms with Gasteiger partial charge in [0.2, 0.25) is 0 Å². The second-order valence-electron chi connectivity index (χ2n) is 4.88. The lowest BCUT2D eigenvalue weighted by molar-refractivity contribution is 0.463. The zero-order valence-electron chi connectivity index (χ0n) is 11.5. The van der Waals surface area contributed by atoms with Gasteiger partial charge in [-0.25, -0.2) is 0 Å². The van der Waals surface area contributed by atoms with E-state index in [1.807, 2.05) is 23.5 Å². The van der Waals surface area contributed by atoms with Gasteiger partial charge >= 0.3 is 0 Å². The summed E-state index contributed by atoms with van der Waals surface area (Å²) >= 11 is 3.99. The van der Waals surface area contributed by atoms with E-state index in [2.05, 4.69) is 49.7 Å². The van der Waals surface area contributed by atoms with Gasteiger partial charge in [0.25, 0.3) is 0 Å². The quantitative estimate of drug-likeness (QED) is 0.833. The highest BCUT2D eigenvalue weighted by Gasteiger charge is 2.28. The summed E-state index contributed by atoms with van der Waals surface area (Å²) in [4.78, 5) is 1.46. The molecular formula is C15H23NS2. The number of hydrogen-bond donors (Lipinski definition) is 1. The van der Waals surface area contributed by atoms with Crippen LogP contribution >= 0.6 is 23.5 Å². The maximum absolute atomic E-state index is 3.79. The van der Waals surface area contributed by atoms with Crippen molar-refractivity contribution in [2.24, 2.45) is 0 Å². The van der Waals surface area contributed by atoms with E-state index in [1.165, 1.54) is 29.1 Å². The molecule has 0 aromatic heterocycles. The van der Waals surface area contributed by atoms with Gasteiger partial charge in [-0.15, -0.1) is 11.8 Å². The Morgan fingerprint density at radius 2 is 2.06 bits per heavy atom. The van der Waals surface area contributed by atoms with Gasteiger partial charge in [-0.1, -0.05) is 32.0 Å². The van der Waals surface area contributed by atoms with E-state index >= 15 is 0 Å². The summed E-state index contributed by atoms with van der Waals surface area (Å²) in [7, 11) is 0. The van der Waals surface area contributed by atoms with Crippen LogP contribution in [0.3, 0.4) is 0 Å². The van der Waals surface area contributed by atoms with Crippen molar-refractivity contribution in [3.05, 3.63) is 29.8 Å². The van der Waals surface area contributed by atoms with Gasteiger partial charge in [0.05, 0.1) is 0 Å². The number of nitrogens with one attached hydrogen (secondary N) is 1. The first-order valence-electron chi connectivity index (χ1n) is 6.75. The second kappa shape index (κ2) is 6.36. The Morgan fingerprint density at radius 3 is 2.72 bits per heavy atom. The molecule has 1 heterocycles. The molecule has 0 radical (unpaired) electrons. The topological polar surface area (TPSA) is 12.0 Å². The molecule has 0 aliphatic carbocycles. The smallest absolute Gasteiger partial charge is 0.0427 e. The Balaban J connectivity index is 2.00. The van der Waals surface area contributed by atoms with Crippen molar-refractivity contribution < 1.29 is 0 Å². The summed E-state index contributed by atoms with van der Waals surface area (Å²) in [6.07, 6.45) is 4.71. The van der Waals surface area contributed by atoms with Crippen LogP contribution in [-0.4, -0.2) is 23.3 Å². The van der Waals surface area contributed by atoms with E-state index in [4.69, 9.17) is 0 Å². The lowest BCUT2D eigenvalue weighted by Crippen LogP contribution is -2.38. The Labute approximate surface area is 120 Å². The number of thioether (sulfide) groups is 2. The van der Waals surface area contributed by atoms with Crippen molar-refractivity contribution in [2.75, 3.05) is 18.6 Å². The molecule has 0 saturated carbocycles. The molecule has 1 N–H and O–H groups in total. The van der Waals surface area contributed by atoms with E-state index in [1.54, 1.807) is 0 Å². The van der Waals surface area contributed by atoms with Crippen LogP contribution in [0.5, 0.6) is 0 Å². The highest BCUT2D eigenvalue weighted by molar-refractivity contribution is 8.00. The van der Waals surface area contributed by atoms with Gasteiger partial charge in [-0.2, -0.15) is 11.8 Å². The fraction of sp³-hybridized carbons (Fsp3) is 0.600. The van der Waals surface area contributed by atoms with Crippen molar-refractivity contribution in [1.29, 1.82) is 0 Å². The largest absolute Gasteiger partial charge is 0.308 e. The first-order valence-corrected chi connectivity index (χ1v) is 8.96. The van der Waals surface area contributed by atoms with Gasteiger partial charge in [0.15, 0.2) is 0 Å². The Hall–Kier alpha value is -0.120. The number of fused-ring (bicyclic) bond motifs is 1. The van der Waals surface area contributed by atoms with E-state index in [9.17, 15) is 0 Å². The molecule has 1 atom stereocenters. The first-order chi connectivity index (χ1) is 8.74. The summed E-state index contributed by atoms with van der Waals surface area (Å²) in [5, 5.41) is 3.79. The zero-order chi connectivity index (χ0) is 13.0. The van der Waals surface area contributed by atoms with Crippen LogP contribution in [0.1, 0.15) is 38.3 Å². The minimum Gasteiger partial charge on any atom is -0.308 e. The molecule has 100 valence electrons. The third-order valence-electron chi connectivity index (χ3n) is 4.09. The molecule has 1 unspecified atom stereocenters. The van der Waals surface area contributed by atoms with Crippen LogP contribution in [0.2, 0.25) is 0 Å². The molecule has 1 aromatic carbocycles. The molecule has 0 saturated heterocycles. The molecule has 1 aliphatic rings. The van der Waals surface area contributed by atoms with Crippen LogP contribution in [0.25, 0.3) is 0 Å². The van der Waals surface area contributed by atoms with Gasteiger partial charge in [0.1, 0.15) is 0 Å². The maximum Gasteiger partial charge on any atom is 0.0427 e. The summed E-state index contributed by atoms with van der Waals surface area (Å²) in [5.41, 5.74) is 1.49. The standard InChI is InChI=1S/C15H23NS2/c1-4-15(5-2,17-3)11-16-13-10-18-14-9-7-6-8-12(13)14/h6-9,13,16H,4-5,10-11H2,1-3H3. The minimum absolute atomic E-state index is 0.405. The normalized spacial score (nSPS) is 18.9. The fourth-order valence-corrected chi connectivity index (χ4v) is 4.50. The highest BCUT2D eigenvalue weighted by atomic mass is 32.2. The number of hydrogen-bond acceptors (Lipinski definition) is 3. The zero-order valence-corrected chi connectivity index (χ0v) is 13.2. The van der Waals surface area contributed by atoms with Crippen molar-refractivity contribution >= 4 is 23.5 Å². The molecule has 0 spiro atoms. The molecule has 0 fully saturated rings. The lowest BCUT2D eigenvalue weighted by atomic mass is 10.0. The SMILES string of the molecule is CCC(CC)(CNC1CSc2ccccc21)SC. The van der Waals surface area contributed by atoms with Crippen LogP contribution in [-0.2, 0) is 0 Å².